The highest BCUT2D eigenvalue weighted by Gasteiger charge is 1.98. The van der Waals surface area contributed by atoms with Gasteiger partial charge in [-0.25, -0.2) is 0 Å². The van der Waals surface area contributed by atoms with E-state index in [0.29, 0.717) is 0 Å². The molecule has 2 N–H and O–H groups in total. The Morgan fingerprint density at radius 3 is 2.13 bits per heavy atom. The van der Waals surface area contributed by atoms with Crippen molar-refractivity contribution < 1.29 is 0 Å². The predicted octanol–water partition coefficient (Wildman–Crippen LogP) is 4.08. The summed E-state index contributed by atoms with van der Waals surface area (Å²) in [7, 11) is 0. The Morgan fingerprint density at radius 1 is 0.652 bits per heavy atom. The lowest BCUT2D eigenvalue weighted by Gasteiger charge is -2.08. The van der Waals surface area contributed by atoms with Crippen molar-refractivity contribution in [2.75, 3.05) is 26.2 Å². The summed E-state index contributed by atoms with van der Waals surface area (Å²) < 4.78 is 0. The van der Waals surface area contributed by atoms with Crippen LogP contribution in [0.15, 0.2) is 54.6 Å². The number of unbranched alkanes of at least 4 members (excludes halogenated alkanes) is 1. The molecule has 2 aromatic carbocycles. The molecule has 0 aliphatic carbocycles. The number of halogens is 1. The first-order valence-corrected chi connectivity index (χ1v) is 8.93. The lowest BCUT2D eigenvalue weighted by Crippen LogP contribution is -2.29. The molecule has 0 unspecified atom stereocenters. The van der Waals surface area contributed by atoms with Gasteiger partial charge in [0.1, 0.15) is 0 Å². The first-order valence-electron chi connectivity index (χ1n) is 8.55. The number of hydrogen-bond donors (Lipinski definition) is 2. The average Bonchev–Trinajstić information content (AvgIpc) is 2.59. The van der Waals surface area contributed by atoms with E-state index in [1.165, 1.54) is 30.4 Å². The average molecular weight is 331 g/mol. The zero-order chi connectivity index (χ0) is 16.2. The first-order chi connectivity index (χ1) is 11.4. The second kappa shape index (κ2) is 11.2. The molecule has 0 aliphatic heterocycles. The summed E-state index contributed by atoms with van der Waals surface area (Å²) in [6.07, 6.45) is 4.64. The van der Waals surface area contributed by atoms with Crippen molar-refractivity contribution in [3.63, 3.8) is 0 Å². The van der Waals surface area contributed by atoms with Crippen LogP contribution in [-0.2, 0) is 12.8 Å². The van der Waals surface area contributed by atoms with Crippen molar-refractivity contribution >= 4 is 11.6 Å². The van der Waals surface area contributed by atoms with Gasteiger partial charge in [-0.1, -0.05) is 60.1 Å². The second-order valence-corrected chi connectivity index (χ2v) is 6.19. The SMILES string of the molecule is Clc1ccccc1CCNCCNCCCCc1ccccc1. The van der Waals surface area contributed by atoms with E-state index in [0.717, 1.165) is 37.6 Å². The highest BCUT2D eigenvalue weighted by atomic mass is 35.5. The molecule has 0 heterocycles. The molecule has 0 bridgehead atoms. The maximum absolute atomic E-state index is 6.14. The zero-order valence-electron chi connectivity index (χ0n) is 13.7. The summed E-state index contributed by atoms with van der Waals surface area (Å²) in [5, 5.41) is 7.82. The molecule has 2 nitrogen and oxygen atoms in total. The fourth-order valence-corrected chi connectivity index (χ4v) is 2.81. The smallest absolute Gasteiger partial charge is 0.0438 e. The molecule has 0 aliphatic rings. The van der Waals surface area contributed by atoms with Gasteiger partial charge in [0, 0.05) is 18.1 Å². The van der Waals surface area contributed by atoms with E-state index < -0.39 is 0 Å². The number of hydrogen-bond acceptors (Lipinski definition) is 2. The molecule has 3 heteroatoms. The van der Waals surface area contributed by atoms with E-state index in [1.54, 1.807) is 0 Å². The van der Waals surface area contributed by atoms with Gasteiger partial charge in [0.15, 0.2) is 0 Å². The van der Waals surface area contributed by atoms with Crippen molar-refractivity contribution in [1.82, 2.24) is 10.6 Å². The number of aryl methyl sites for hydroxylation is 1. The van der Waals surface area contributed by atoms with Crippen molar-refractivity contribution in [3.05, 3.63) is 70.7 Å². The lowest BCUT2D eigenvalue weighted by atomic mass is 10.1. The summed E-state index contributed by atoms with van der Waals surface area (Å²) in [6, 6.07) is 18.8. The first kappa shape index (κ1) is 18.0. The zero-order valence-corrected chi connectivity index (χ0v) is 14.5. The van der Waals surface area contributed by atoms with Crippen molar-refractivity contribution in [1.29, 1.82) is 0 Å². The number of benzene rings is 2. The van der Waals surface area contributed by atoms with Crippen LogP contribution in [-0.4, -0.2) is 26.2 Å². The highest BCUT2D eigenvalue weighted by molar-refractivity contribution is 6.31. The summed E-state index contributed by atoms with van der Waals surface area (Å²) >= 11 is 6.14. The Kier molecular flexibility index (Phi) is 8.78. The molecule has 2 aromatic rings. The fourth-order valence-electron chi connectivity index (χ4n) is 2.57. The number of nitrogens with one attached hydrogen (secondary N) is 2. The summed E-state index contributed by atoms with van der Waals surface area (Å²) in [5.74, 6) is 0. The van der Waals surface area contributed by atoms with Gasteiger partial charge in [0.05, 0.1) is 0 Å². The van der Waals surface area contributed by atoms with Crippen LogP contribution < -0.4 is 10.6 Å². The molecule has 0 radical (unpaired) electrons. The highest BCUT2D eigenvalue weighted by Crippen LogP contribution is 2.14. The van der Waals surface area contributed by atoms with E-state index in [1.807, 2.05) is 18.2 Å². The minimum absolute atomic E-state index is 0.867. The molecule has 124 valence electrons. The van der Waals surface area contributed by atoms with Crippen LogP contribution >= 0.6 is 11.6 Å². The van der Waals surface area contributed by atoms with E-state index in [9.17, 15) is 0 Å². The molecule has 0 saturated carbocycles. The molecule has 0 saturated heterocycles. The van der Waals surface area contributed by atoms with Crippen LogP contribution in [0.4, 0.5) is 0 Å². The summed E-state index contributed by atoms with van der Waals surface area (Å²) in [6.45, 7) is 4.09. The standard InChI is InChI=1S/C20H27ClN2/c21-20-12-5-4-11-19(20)13-15-23-17-16-22-14-7-6-10-18-8-2-1-3-9-18/h1-5,8-9,11-12,22-23H,6-7,10,13-17H2. The van der Waals surface area contributed by atoms with Crippen LogP contribution in [0.5, 0.6) is 0 Å². The van der Waals surface area contributed by atoms with Crippen LogP contribution in [0.3, 0.4) is 0 Å². The van der Waals surface area contributed by atoms with Gasteiger partial charge < -0.3 is 10.6 Å². The quantitative estimate of drug-likeness (QED) is 0.606. The molecule has 0 amide bonds. The molecule has 0 atom stereocenters. The van der Waals surface area contributed by atoms with Crippen molar-refractivity contribution in [2.45, 2.75) is 25.7 Å². The van der Waals surface area contributed by atoms with Crippen LogP contribution in [0, 0.1) is 0 Å². The third kappa shape index (κ3) is 7.65. The van der Waals surface area contributed by atoms with Crippen LogP contribution in [0.1, 0.15) is 24.0 Å². The van der Waals surface area contributed by atoms with E-state index in [-0.39, 0.29) is 0 Å². The Balaban J connectivity index is 1.40. The van der Waals surface area contributed by atoms with E-state index in [2.05, 4.69) is 47.0 Å². The van der Waals surface area contributed by atoms with E-state index >= 15 is 0 Å². The van der Waals surface area contributed by atoms with Gasteiger partial charge in [-0.15, -0.1) is 0 Å². The summed E-state index contributed by atoms with van der Waals surface area (Å²) in [5.41, 5.74) is 2.66. The van der Waals surface area contributed by atoms with Gasteiger partial charge in [0.25, 0.3) is 0 Å². The lowest BCUT2D eigenvalue weighted by molar-refractivity contribution is 0.585. The molecule has 23 heavy (non-hydrogen) atoms. The predicted molar refractivity (Wildman–Crippen MR) is 100 cm³/mol. The Bertz CT molecular complexity index is 542. The van der Waals surface area contributed by atoms with Gasteiger partial charge in [-0.3, -0.25) is 0 Å². The minimum atomic E-state index is 0.867. The maximum Gasteiger partial charge on any atom is 0.0438 e. The Hall–Kier alpha value is -1.35. The molecule has 0 spiro atoms. The normalized spacial score (nSPS) is 10.8. The van der Waals surface area contributed by atoms with Gasteiger partial charge in [-0.05, 0) is 56.0 Å². The number of rotatable bonds is 11. The van der Waals surface area contributed by atoms with Gasteiger partial charge in [0.2, 0.25) is 0 Å². The minimum Gasteiger partial charge on any atom is -0.315 e. The molecular formula is C20H27ClN2. The van der Waals surface area contributed by atoms with E-state index in [4.69, 9.17) is 11.6 Å². The molecule has 0 aromatic heterocycles. The Labute approximate surface area is 145 Å². The summed E-state index contributed by atoms with van der Waals surface area (Å²) in [4.78, 5) is 0. The fraction of sp³-hybridized carbons (Fsp3) is 0.400. The van der Waals surface area contributed by atoms with Crippen molar-refractivity contribution in [2.24, 2.45) is 0 Å². The molecule has 2 rings (SSSR count). The largest absolute Gasteiger partial charge is 0.315 e. The van der Waals surface area contributed by atoms with Crippen molar-refractivity contribution in [3.8, 4) is 0 Å². The maximum atomic E-state index is 6.14. The van der Waals surface area contributed by atoms with Gasteiger partial charge in [-0.2, -0.15) is 0 Å². The Morgan fingerprint density at radius 2 is 1.35 bits per heavy atom. The van der Waals surface area contributed by atoms with Crippen LogP contribution in [0.2, 0.25) is 5.02 Å². The topological polar surface area (TPSA) is 24.1 Å². The third-order valence-electron chi connectivity index (χ3n) is 3.92. The molecular weight excluding hydrogens is 304 g/mol. The monoisotopic (exact) mass is 330 g/mol. The third-order valence-corrected chi connectivity index (χ3v) is 4.29. The van der Waals surface area contributed by atoms with Crippen LogP contribution in [0.25, 0.3) is 0 Å². The second-order valence-electron chi connectivity index (χ2n) is 5.78. The van der Waals surface area contributed by atoms with Gasteiger partial charge >= 0.3 is 0 Å². The molecule has 0 fully saturated rings.